The first-order valence-electron chi connectivity index (χ1n) is 0. The van der Waals surface area contributed by atoms with Gasteiger partial charge in [-0.25, -0.2) is 0 Å². The summed E-state index contributed by atoms with van der Waals surface area (Å²) in [6.07, 6.45) is 0. The Morgan fingerprint density at radius 1 is 0.375 bits per heavy atom. The quantitative estimate of drug-likeness (QED) is 0.550. The smallest absolute Gasteiger partial charge is 2.00 e. The molecule has 0 aliphatic rings. The van der Waals surface area contributed by atoms with Crippen molar-refractivity contribution < 1.29 is 119 Å². The second-order valence-electron chi connectivity index (χ2n) is 0. The fourth-order valence-electron chi connectivity index (χ4n) is 0. The van der Waals surface area contributed by atoms with E-state index in [4.69, 9.17) is 0 Å². The van der Waals surface area contributed by atoms with Crippen LogP contribution in [0.5, 0.6) is 0 Å². The molecule has 0 N–H and O–H groups in total. The molecule has 0 atom stereocenters. The molecule has 0 aromatic rings. The van der Waals surface area contributed by atoms with Gasteiger partial charge in [0.25, 0.3) is 0 Å². The van der Waals surface area contributed by atoms with Crippen LogP contribution in [-0.4, -0.2) is 0 Å². The van der Waals surface area contributed by atoms with E-state index in [2.05, 4.69) is 0 Å². The predicted octanol–water partition coefficient (Wildman–Crippen LogP) is -0.601. The molecule has 0 spiro atoms. The van der Waals surface area contributed by atoms with Crippen LogP contribution in [-0.2, 0) is 119 Å². The Labute approximate surface area is 117 Å². The molecular weight excluding hydrogens is 349 g/mol. The molecule has 0 bridgehead atoms. The molecular formula is O5Y2Zr. The van der Waals surface area contributed by atoms with Gasteiger partial charge in [0, 0.05) is 0 Å². The number of hydrogen-bond acceptors (Lipinski definition) is 0. The molecule has 8 heavy (non-hydrogen) atoms. The third-order valence-electron chi connectivity index (χ3n) is 0. The summed E-state index contributed by atoms with van der Waals surface area (Å²) in [6, 6.07) is 0. The van der Waals surface area contributed by atoms with Crippen LogP contribution < -0.4 is 0 Å². The summed E-state index contributed by atoms with van der Waals surface area (Å²) in [5.41, 5.74) is 0. The summed E-state index contributed by atoms with van der Waals surface area (Å²) in [7, 11) is 0. The zero-order valence-corrected chi connectivity index (χ0v) is 11.8. The van der Waals surface area contributed by atoms with Gasteiger partial charge in [-0.2, -0.15) is 0 Å². The average molecular weight is 349 g/mol. The van der Waals surface area contributed by atoms with Crippen molar-refractivity contribution in [1.82, 2.24) is 0 Å². The van der Waals surface area contributed by atoms with Crippen molar-refractivity contribution in [2.24, 2.45) is 0 Å². The Morgan fingerprint density at radius 3 is 0.375 bits per heavy atom. The van der Waals surface area contributed by atoms with E-state index >= 15 is 0 Å². The van der Waals surface area contributed by atoms with Crippen LogP contribution in [0.15, 0.2) is 0 Å². The third-order valence-corrected chi connectivity index (χ3v) is 0. The largest absolute Gasteiger partial charge is 4.00 e. The van der Waals surface area contributed by atoms with Gasteiger partial charge < -0.3 is 27.4 Å². The van der Waals surface area contributed by atoms with Gasteiger partial charge in [-0.15, -0.1) is 0 Å². The Hall–Kier alpha value is 2.89. The predicted molar refractivity (Wildman–Crippen MR) is 3.43 cm³/mol. The number of hydrogen-bond donors (Lipinski definition) is 0. The molecule has 0 radical (unpaired) electrons. The van der Waals surface area contributed by atoms with Gasteiger partial charge in [0.15, 0.2) is 0 Å². The van der Waals surface area contributed by atoms with Crippen LogP contribution in [0, 0.1) is 0 Å². The first-order chi connectivity index (χ1) is 0. The van der Waals surface area contributed by atoms with E-state index < -0.39 is 0 Å². The van der Waals surface area contributed by atoms with E-state index in [9.17, 15) is 0 Å². The molecule has 0 heterocycles. The first-order valence-corrected chi connectivity index (χ1v) is 0. The Bertz CT molecular complexity index is 10.4. The molecule has 5 nitrogen and oxygen atoms in total. The first kappa shape index (κ1) is 127. The van der Waals surface area contributed by atoms with E-state index in [0.29, 0.717) is 0 Å². The fourth-order valence-corrected chi connectivity index (χ4v) is 0. The minimum atomic E-state index is 0. The van der Waals surface area contributed by atoms with Gasteiger partial charge in [-0.1, -0.05) is 0 Å². The molecule has 40 valence electrons. The molecule has 0 aliphatic heterocycles. The van der Waals surface area contributed by atoms with Gasteiger partial charge in [-0.05, 0) is 0 Å². The normalized spacial score (nSPS) is 0. The average Bonchev–Trinajstić information content (AvgIpc) is 0. The molecule has 0 aromatic heterocycles. The molecule has 0 aromatic carbocycles. The van der Waals surface area contributed by atoms with Crippen LogP contribution in [0.1, 0.15) is 0 Å². The van der Waals surface area contributed by atoms with Crippen LogP contribution in [0.2, 0.25) is 0 Å². The SMILES string of the molecule is [O-2].[O-2].[O-2].[O-2].[O-2].[Y+3].[Y+3].[Zr+4]. The van der Waals surface area contributed by atoms with E-state index in [1.54, 1.807) is 0 Å². The second kappa shape index (κ2) is 93.6. The molecule has 0 aliphatic carbocycles. The Morgan fingerprint density at radius 2 is 0.375 bits per heavy atom. The fraction of sp³-hybridized carbons (Fsp3) is 0. The standard InChI is InChI=1S/5O.2Y.Zr/q5*-2;2*+3;+4. The van der Waals surface area contributed by atoms with Crippen molar-refractivity contribution in [3.05, 3.63) is 0 Å². The van der Waals surface area contributed by atoms with Crippen molar-refractivity contribution in [3.63, 3.8) is 0 Å². The van der Waals surface area contributed by atoms with Crippen LogP contribution in [0.25, 0.3) is 0 Å². The molecule has 0 saturated carbocycles. The number of rotatable bonds is 0. The molecule has 8 heteroatoms. The van der Waals surface area contributed by atoms with Gasteiger partial charge in [0.1, 0.15) is 0 Å². The van der Waals surface area contributed by atoms with E-state index in [0.717, 1.165) is 0 Å². The second-order valence-corrected chi connectivity index (χ2v) is 0. The van der Waals surface area contributed by atoms with Crippen LogP contribution in [0.4, 0.5) is 0 Å². The third kappa shape index (κ3) is 66.2. The monoisotopic (exact) mass is 348 g/mol. The molecule has 0 amide bonds. The van der Waals surface area contributed by atoms with Crippen molar-refractivity contribution in [1.29, 1.82) is 0 Å². The minimum absolute atomic E-state index is 0. The maximum absolute atomic E-state index is 0. The summed E-state index contributed by atoms with van der Waals surface area (Å²) in [6.45, 7) is 0. The summed E-state index contributed by atoms with van der Waals surface area (Å²) >= 11 is 0. The van der Waals surface area contributed by atoms with Crippen molar-refractivity contribution in [2.45, 2.75) is 0 Å². The topological polar surface area (TPSA) is 142 Å². The van der Waals surface area contributed by atoms with E-state index in [1.165, 1.54) is 0 Å². The van der Waals surface area contributed by atoms with Gasteiger partial charge in [-0.3, -0.25) is 0 Å². The summed E-state index contributed by atoms with van der Waals surface area (Å²) < 4.78 is 0. The zero-order valence-electron chi connectivity index (χ0n) is 3.70. The van der Waals surface area contributed by atoms with Gasteiger partial charge in [0.05, 0.1) is 0 Å². The van der Waals surface area contributed by atoms with Gasteiger partial charge in [0.2, 0.25) is 0 Å². The molecule has 0 fully saturated rings. The zero-order chi connectivity index (χ0) is 0. The van der Waals surface area contributed by atoms with Crippen molar-refractivity contribution in [3.8, 4) is 0 Å². The summed E-state index contributed by atoms with van der Waals surface area (Å²) in [4.78, 5) is 0. The molecule has 0 rings (SSSR count). The maximum atomic E-state index is 0. The van der Waals surface area contributed by atoms with Gasteiger partial charge >= 0.3 is 91.6 Å². The van der Waals surface area contributed by atoms with Crippen LogP contribution >= 0.6 is 0 Å². The van der Waals surface area contributed by atoms with Crippen LogP contribution in [0.3, 0.4) is 0 Å². The Balaban J connectivity index is 0. The van der Waals surface area contributed by atoms with Crippen molar-refractivity contribution >= 4 is 0 Å². The summed E-state index contributed by atoms with van der Waals surface area (Å²) in [5, 5.41) is 0. The minimum Gasteiger partial charge on any atom is -2.00 e. The Kier molecular flexibility index (Phi) is 1490. The molecule has 0 saturated heterocycles. The van der Waals surface area contributed by atoms with E-state index in [-0.39, 0.29) is 119 Å². The summed E-state index contributed by atoms with van der Waals surface area (Å²) in [5.74, 6) is 0. The van der Waals surface area contributed by atoms with E-state index in [1.807, 2.05) is 0 Å². The maximum Gasteiger partial charge on any atom is 4.00 e. The van der Waals surface area contributed by atoms with Crippen molar-refractivity contribution in [2.75, 3.05) is 0 Å². The molecule has 0 unspecified atom stereocenters.